The summed E-state index contributed by atoms with van der Waals surface area (Å²) in [5.41, 5.74) is 8.30. The topological polar surface area (TPSA) is 110 Å². The molecule has 8 heteroatoms. The van der Waals surface area contributed by atoms with Crippen LogP contribution in [0, 0.1) is 0 Å². The van der Waals surface area contributed by atoms with Gasteiger partial charge in [0.15, 0.2) is 5.60 Å². The molecule has 1 saturated heterocycles. The number of nitrogens with two attached hydrogens (primary N) is 1. The third kappa shape index (κ3) is 5.19. The molecule has 0 amide bonds. The Morgan fingerprint density at radius 2 is 1.50 bits per heavy atom. The molecule has 0 aliphatic carbocycles. The summed E-state index contributed by atoms with van der Waals surface area (Å²) >= 11 is 0. The first-order valence-corrected chi connectivity index (χ1v) is 13.7. The summed E-state index contributed by atoms with van der Waals surface area (Å²) < 4.78 is 35.0. The molecule has 0 aromatic heterocycles. The zero-order chi connectivity index (χ0) is 26.8. The lowest BCUT2D eigenvalue weighted by molar-refractivity contribution is -0.138. The molecular formula is C30H28N2O5S. The minimum Gasteiger partial charge on any atom is -0.480 e. The van der Waals surface area contributed by atoms with Crippen LogP contribution in [0.15, 0.2) is 114 Å². The summed E-state index contributed by atoms with van der Waals surface area (Å²) in [4.78, 5) is 11.2. The van der Waals surface area contributed by atoms with Crippen LogP contribution in [0.4, 0.5) is 0 Å². The van der Waals surface area contributed by atoms with Crippen molar-refractivity contribution >= 4 is 16.0 Å². The van der Waals surface area contributed by atoms with E-state index in [1.54, 1.807) is 12.1 Å². The van der Waals surface area contributed by atoms with Gasteiger partial charge >= 0.3 is 5.97 Å². The van der Waals surface area contributed by atoms with Gasteiger partial charge in [-0.25, -0.2) is 8.42 Å². The van der Waals surface area contributed by atoms with Gasteiger partial charge in [-0.3, -0.25) is 4.79 Å². The van der Waals surface area contributed by atoms with E-state index < -0.39 is 27.6 Å². The molecule has 0 spiro atoms. The maximum atomic E-state index is 13.5. The van der Waals surface area contributed by atoms with Crippen LogP contribution >= 0.6 is 0 Å². The highest BCUT2D eigenvalue weighted by atomic mass is 32.2. The fourth-order valence-corrected chi connectivity index (χ4v) is 6.27. The zero-order valence-electron chi connectivity index (χ0n) is 20.6. The van der Waals surface area contributed by atoms with Gasteiger partial charge in [-0.15, -0.1) is 0 Å². The molecule has 1 atom stereocenters. The summed E-state index contributed by atoms with van der Waals surface area (Å²) in [6.45, 7) is 0.265. The number of sulfonamides is 1. The van der Waals surface area contributed by atoms with Crippen LogP contribution in [0.5, 0.6) is 5.75 Å². The van der Waals surface area contributed by atoms with Crippen molar-refractivity contribution in [2.75, 3.05) is 13.1 Å². The van der Waals surface area contributed by atoms with E-state index in [0.29, 0.717) is 11.3 Å². The molecule has 0 bridgehead atoms. The van der Waals surface area contributed by atoms with E-state index in [2.05, 4.69) is 0 Å². The van der Waals surface area contributed by atoms with Crippen LogP contribution in [-0.2, 0) is 26.8 Å². The summed E-state index contributed by atoms with van der Waals surface area (Å²) in [6, 6.07) is 32.6. The van der Waals surface area contributed by atoms with Crippen molar-refractivity contribution in [3.05, 3.63) is 120 Å². The van der Waals surface area contributed by atoms with Crippen LogP contribution in [0.2, 0.25) is 0 Å². The van der Waals surface area contributed by atoms with Crippen molar-refractivity contribution in [2.45, 2.75) is 23.0 Å². The van der Waals surface area contributed by atoms with Crippen LogP contribution in [-0.4, -0.2) is 42.9 Å². The van der Waals surface area contributed by atoms with Gasteiger partial charge in [0, 0.05) is 0 Å². The van der Waals surface area contributed by atoms with E-state index in [1.807, 2.05) is 84.9 Å². The minimum absolute atomic E-state index is 0.0352. The first-order chi connectivity index (χ1) is 18.3. The molecule has 194 valence electrons. The average Bonchev–Trinajstić information content (AvgIpc) is 2.91. The minimum atomic E-state index is -3.84. The Balaban J connectivity index is 1.41. The SMILES string of the molecule is N[C@@H](Cc1cccc(S(=O)(=O)N2CC(Oc3cccc(-c4ccccc4)c3)(c3ccccc3)C2)c1)C(=O)O. The third-order valence-corrected chi connectivity index (χ3v) is 8.51. The number of aliphatic carboxylic acids is 1. The Kier molecular flexibility index (Phi) is 7.03. The lowest BCUT2D eigenvalue weighted by Crippen LogP contribution is -2.64. The maximum absolute atomic E-state index is 13.5. The third-order valence-electron chi connectivity index (χ3n) is 6.73. The van der Waals surface area contributed by atoms with Crippen molar-refractivity contribution in [1.29, 1.82) is 0 Å². The lowest BCUT2D eigenvalue weighted by Gasteiger charge is -2.49. The fourth-order valence-electron chi connectivity index (χ4n) is 4.66. The number of ether oxygens (including phenoxy) is 1. The van der Waals surface area contributed by atoms with Crippen LogP contribution < -0.4 is 10.5 Å². The number of carboxylic acids is 1. The summed E-state index contributed by atoms with van der Waals surface area (Å²) in [5.74, 6) is -0.487. The Morgan fingerprint density at radius 3 is 2.18 bits per heavy atom. The Labute approximate surface area is 222 Å². The summed E-state index contributed by atoms with van der Waals surface area (Å²) in [5, 5.41) is 9.11. The number of carboxylic acid groups (broad SMARTS) is 1. The molecule has 4 aromatic carbocycles. The first kappa shape index (κ1) is 25.7. The zero-order valence-corrected chi connectivity index (χ0v) is 21.4. The number of rotatable bonds is 9. The molecular weight excluding hydrogens is 500 g/mol. The highest BCUT2D eigenvalue weighted by Gasteiger charge is 2.52. The molecule has 3 N–H and O–H groups in total. The van der Waals surface area contributed by atoms with Crippen LogP contribution in [0.1, 0.15) is 11.1 Å². The van der Waals surface area contributed by atoms with Crippen molar-refractivity contribution in [3.8, 4) is 16.9 Å². The number of carbonyl (C=O) groups is 1. The van der Waals surface area contributed by atoms with Gasteiger partial charge in [-0.1, -0.05) is 84.9 Å². The predicted octanol–water partition coefficient (Wildman–Crippen LogP) is 4.29. The molecule has 4 aromatic rings. The number of nitrogens with zero attached hydrogens (tertiary/aromatic N) is 1. The maximum Gasteiger partial charge on any atom is 0.320 e. The van der Waals surface area contributed by atoms with Gasteiger partial charge in [0.25, 0.3) is 0 Å². The number of benzene rings is 4. The normalized spacial score (nSPS) is 15.8. The van der Waals surface area contributed by atoms with Gasteiger partial charge < -0.3 is 15.6 Å². The molecule has 5 rings (SSSR count). The second-order valence-corrected chi connectivity index (χ2v) is 11.4. The molecule has 0 unspecified atom stereocenters. The molecule has 0 radical (unpaired) electrons. The van der Waals surface area contributed by atoms with Crippen molar-refractivity contribution in [1.82, 2.24) is 4.31 Å². The summed E-state index contributed by atoms with van der Waals surface area (Å²) in [7, 11) is -3.84. The van der Waals surface area contributed by atoms with Crippen molar-refractivity contribution < 1.29 is 23.1 Å². The van der Waals surface area contributed by atoms with Gasteiger partial charge in [0.1, 0.15) is 11.8 Å². The van der Waals surface area contributed by atoms with E-state index in [-0.39, 0.29) is 24.4 Å². The molecule has 1 heterocycles. The standard InChI is InChI=1S/C30H28N2O5S/c31-28(29(33)34)18-22-9-7-16-27(17-22)38(35,36)32-20-30(21-32,25-13-5-2-6-14-25)37-26-15-8-12-24(19-26)23-10-3-1-4-11-23/h1-17,19,28H,18,20-21,31H2,(H,33,34)/t28-/m0/s1. The molecule has 1 fully saturated rings. The van der Waals surface area contributed by atoms with Crippen molar-refractivity contribution in [2.24, 2.45) is 5.73 Å². The highest BCUT2D eigenvalue weighted by molar-refractivity contribution is 7.89. The fraction of sp³-hybridized carbons (Fsp3) is 0.167. The van der Waals surface area contributed by atoms with Crippen molar-refractivity contribution in [3.63, 3.8) is 0 Å². The van der Waals surface area contributed by atoms with E-state index in [1.165, 1.54) is 16.4 Å². The first-order valence-electron chi connectivity index (χ1n) is 12.2. The molecule has 1 aliphatic heterocycles. The molecule has 0 saturated carbocycles. The Bertz CT molecular complexity index is 1540. The Morgan fingerprint density at radius 1 is 0.868 bits per heavy atom. The molecule has 7 nitrogen and oxygen atoms in total. The van der Waals surface area contributed by atoms with Gasteiger partial charge in [0.2, 0.25) is 10.0 Å². The monoisotopic (exact) mass is 528 g/mol. The second kappa shape index (κ2) is 10.4. The quantitative estimate of drug-likeness (QED) is 0.336. The van der Waals surface area contributed by atoms with E-state index >= 15 is 0 Å². The number of hydrogen-bond acceptors (Lipinski definition) is 5. The van der Waals surface area contributed by atoms with Crippen LogP contribution in [0.25, 0.3) is 11.1 Å². The van der Waals surface area contributed by atoms with Gasteiger partial charge in [0.05, 0.1) is 18.0 Å². The number of hydrogen-bond donors (Lipinski definition) is 2. The molecule has 38 heavy (non-hydrogen) atoms. The smallest absolute Gasteiger partial charge is 0.320 e. The largest absolute Gasteiger partial charge is 0.480 e. The van der Waals surface area contributed by atoms with E-state index in [9.17, 15) is 13.2 Å². The van der Waals surface area contributed by atoms with Crippen LogP contribution in [0.3, 0.4) is 0 Å². The lowest BCUT2D eigenvalue weighted by atomic mass is 9.87. The second-order valence-electron chi connectivity index (χ2n) is 9.43. The molecule has 1 aliphatic rings. The van der Waals surface area contributed by atoms with Gasteiger partial charge in [-0.05, 0) is 52.9 Å². The Hall–Kier alpha value is -3.98. The predicted molar refractivity (Wildman–Crippen MR) is 145 cm³/mol. The van der Waals surface area contributed by atoms with E-state index in [0.717, 1.165) is 16.7 Å². The summed E-state index contributed by atoms with van der Waals surface area (Å²) in [6.07, 6.45) is 0.0352. The highest BCUT2D eigenvalue weighted by Crippen LogP contribution is 2.40. The average molecular weight is 529 g/mol. The van der Waals surface area contributed by atoms with Gasteiger partial charge in [-0.2, -0.15) is 4.31 Å². The van der Waals surface area contributed by atoms with E-state index in [4.69, 9.17) is 15.6 Å².